The van der Waals surface area contributed by atoms with E-state index in [-0.39, 0.29) is 11.9 Å². The van der Waals surface area contributed by atoms with E-state index in [1.54, 1.807) is 11.9 Å². The van der Waals surface area contributed by atoms with Gasteiger partial charge in [-0.15, -0.1) is 6.42 Å². The zero-order valence-corrected chi connectivity index (χ0v) is 8.92. The fourth-order valence-electron chi connectivity index (χ4n) is 2.10. The van der Waals surface area contributed by atoms with Gasteiger partial charge in [0.25, 0.3) is 0 Å². The van der Waals surface area contributed by atoms with Crippen LogP contribution in [0.4, 0.5) is 0 Å². The van der Waals surface area contributed by atoms with Crippen LogP contribution in [0.5, 0.6) is 0 Å². The predicted molar refractivity (Wildman–Crippen MR) is 56.4 cm³/mol. The first-order valence-electron chi connectivity index (χ1n) is 4.97. The van der Waals surface area contributed by atoms with Crippen LogP contribution in [-0.4, -0.2) is 30.4 Å². The minimum Gasteiger partial charge on any atom is -0.334 e. The lowest BCUT2D eigenvalue weighted by molar-refractivity contribution is -0.139. The summed E-state index contributed by atoms with van der Waals surface area (Å²) in [6.07, 6.45) is 8.02. The highest BCUT2D eigenvalue weighted by Gasteiger charge is 2.44. The van der Waals surface area contributed by atoms with Gasteiger partial charge in [-0.3, -0.25) is 4.79 Å². The molecule has 0 aliphatic heterocycles. The van der Waals surface area contributed by atoms with Crippen molar-refractivity contribution in [2.45, 2.75) is 32.2 Å². The monoisotopic (exact) mass is 194 g/mol. The van der Waals surface area contributed by atoms with Crippen LogP contribution in [0.1, 0.15) is 26.2 Å². The van der Waals surface area contributed by atoms with Crippen LogP contribution in [0.25, 0.3) is 0 Å². The minimum absolute atomic E-state index is 0.0183. The maximum Gasteiger partial charge on any atom is 0.230 e. The van der Waals surface area contributed by atoms with Gasteiger partial charge < -0.3 is 10.6 Å². The topological polar surface area (TPSA) is 46.3 Å². The smallest absolute Gasteiger partial charge is 0.230 e. The highest BCUT2D eigenvalue weighted by atomic mass is 16.2. The number of hydrogen-bond acceptors (Lipinski definition) is 2. The summed E-state index contributed by atoms with van der Waals surface area (Å²) < 4.78 is 0. The van der Waals surface area contributed by atoms with Crippen LogP contribution in [0.3, 0.4) is 0 Å². The SMILES string of the molecule is C#CCN(C)C(=O)C1(C)CCCC1N. The molecule has 0 aromatic rings. The molecular formula is C11H18N2O. The Kier molecular flexibility index (Phi) is 3.17. The zero-order valence-electron chi connectivity index (χ0n) is 8.92. The molecule has 2 N–H and O–H groups in total. The molecule has 1 rings (SSSR count). The number of nitrogens with two attached hydrogens (primary N) is 1. The minimum atomic E-state index is -0.397. The Balaban J connectivity index is 2.73. The van der Waals surface area contributed by atoms with Crippen LogP contribution in [0.15, 0.2) is 0 Å². The van der Waals surface area contributed by atoms with Crippen molar-refractivity contribution in [3.63, 3.8) is 0 Å². The Morgan fingerprint density at radius 2 is 2.43 bits per heavy atom. The molecule has 2 unspecified atom stereocenters. The van der Waals surface area contributed by atoms with Crippen LogP contribution in [-0.2, 0) is 4.79 Å². The molecular weight excluding hydrogens is 176 g/mol. The van der Waals surface area contributed by atoms with E-state index in [9.17, 15) is 4.79 Å². The Morgan fingerprint density at radius 1 is 1.79 bits per heavy atom. The van der Waals surface area contributed by atoms with Gasteiger partial charge in [0.2, 0.25) is 5.91 Å². The van der Waals surface area contributed by atoms with Crippen molar-refractivity contribution in [1.82, 2.24) is 4.90 Å². The van der Waals surface area contributed by atoms with Crippen molar-refractivity contribution >= 4 is 5.91 Å². The van der Waals surface area contributed by atoms with Crippen molar-refractivity contribution in [2.24, 2.45) is 11.1 Å². The zero-order chi connectivity index (χ0) is 10.8. The first kappa shape index (κ1) is 11.1. The molecule has 2 atom stereocenters. The molecule has 0 aromatic carbocycles. The highest BCUT2D eigenvalue weighted by molar-refractivity contribution is 5.83. The first-order valence-corrected chi connectivity index (χ1v) is 4.97. The number of carbonyl (C=O) groups is 1. The van der Waals surface area contributed by atoms with Crippen molar-refractivity contribution in [2.75, 3.05) is 13.6 Å². The maximum absolute atomic E-state index is 12.0. The van der Waals surface area contributed by atoms with E-state index in [2.05, 4.69) is 5.92 Å². The van der Waals surface area contributed by atoms with Crippen LogP contribution in [0.2, 0.25) is 0 Å². The quantitative estimate of drug-likeness (QED) is 0.654. The lowest BCUT2D eigenvalue weighted by Gasteiger charge is -2.31. The van der Waals surface area contributed by atoms with E-state index in [4.69, 9.17) is 12.2 Å². The summed E-state index contributed by atoms with van der Waals surface area (Å²) in [6, 6.07) is -0.0183. The van der Waals surface area contributed by atoms with Gasteiger partial charge in [-0.25, -0.2) is 0 Å². The molecule has 1 aliphatic rings. The number of nitrogens with zero attached hydrogens (tertiary/aromatic N) is 1. The molecule has 14 heavy (non-hydrogen) atoms. The maximum atomic E-state index is 12.0. The third-order valence-corrected chi connectivity index (χ3v) is 3.19. The van der Waals surface area contributed by atoms with E-state index in [0.717, 1.165) is 19.3 Å². The third kappa shape index (κ3) is 1.76. The van der Waals surface area contributed by atoms with Gasteiger partial charge >= 0.3 is 0 Å². The van der Waals surface area contributed by atoms with Crippen molar-refractivity contribution in [3.05, 3.63) is 0 Å². The average Bonchev–Trinajstić information content (AvgIpc) is 2.47. The summed E-state index contributed by atoms with van der Waals surface area (Å²) in [5.74, 6) is 2.55. The van der Waals surface area contributed by atoms with Crippen molar-refractivity contribution < 1.29 is 4.79 Å². The number of rotatable bonds is 2. The molecule has 0 heterocycles. The fourth-order valence-corrected chi connectivity index (χ4v) is 2.10. The van der Waals surface area contributed by atoms with Gasteiger partial charge in [0.15, 0.2) is 0 Å². The second-order valence-corrected chi connectivity index (χ2v) is 4.28. The molecule has 1 amide bonds. The normalized spacial score (nSPS) is 31.1. The lowest BCUT2D eigenvalue weighted by atomic mass is 9.83. The van der Waals surface area contributed by atoms with Gasteiger partial charge in [0.05, 0.1) is 12.0 Å². The van der Waals surface area contributed by atoms with Gasteiger partial charge in [-0.1, -0.05) is 12.3 Å². The first-order chi connectivity index (χ1) is 6.52. The largest absolute Gasteiger partial charge is 0.334 e. The van der Waals surface area contributed by atoms with Crippen LogP contribution in [0, 0.1) is 17.8 Å². The van der Waals surface area contributed by atoms with E-state index in [1.807, 2.05) is 6.92 Å². The molecule has 78 valence electrons. The fraction of sp³-hybridized carbons (Fsp3) is 0.727. The van der Waals surface area contributed by atoms with Gasteiger partial charge in [-0.2, -0.15) is 0 Å². The Bertz CT molecular complexity index is 269. The summed E-state index contributed by atoms with van der Waals surface area (Å²) >= 11 is 0. The molecule has 1 aliphatic carbocycles. The predicted octanol–water partition coefficient (Wildman–Crippen LogP) is 0.596. The second-order valence-electron chi connectivity index (χ2n) is 4.28. The molecule has 0 saturated heterocycles. The molecule has 0 spiro atoms. The molecule has 3 heteroatoms. The molecule has 3 nitrogen and oxygen atoms in total. The van der Waals surface area contributed by atoms with E-state index >= 15 is 0 Å². The summed E-state index contributed by atoms with van der Waals surface area (Å²) in [7, 11) is 1.73. The lowest BCUT2D eigenvalue weighted by Crippen LogP contribution is -2.48. The molecule has 1 fully saturated rings. The summed E-state index contributed by atoms with van der Waals surface area (Å²) in [4.78, 5) is 13.6. The summed E-state index contributed by atoms with van der Waals surface area (Å²) in [5, 5.41) is 0. The standard InChI is InChI=1S/C11H18N2O/c1-4-8-13(3)10(14)11(2)7-5-6-9(11)12/h1,9H,5-8,12H2,2-3H3. The van der Waals surface area contributed by atoms with E-state index < -0.39 is 5.41 Å². The Morgan fingerprint density at radius 3 is 2.86 bits per heavy atom. The number of carbonyl (C=O) groups excluding carboxylic acids is 1. The van der Waals surface area contributed by atoms with Gasteiger partial charge in [0, 0.05) is 13.1 Å². The average molecular weight is 194 g/mol. The van der Waals surface area contributed by atoms with Crippen LogP contribution < -0.4 is 5.73 Å². The van der Waals surface area contributed by atoms with Gasteiger partial charge in [0.1, 0.15) is 0 Å². The third-order valence-electron chi connectivity index (χ3n) is 3.19. The summed E-state index contributed by atoms with van der Waals surface area (Å²) in [5.41, 5.74) is 5.55. The number of amides is 1. The Labute approximate surface area is 85.6 Å². The van der Waals surface area contributed by atoms with E-state index in [1.165, 1.54) is 0 Å². The second kappa shape index (κ2) is 4.02. The van der Waals surface area contributed by atoms with E-state index in [0.29, 0.717) is 6.54 Å². The van der Waals surface area contributed by atoms with Crippen molar-refractivity contribution in [1.29, 1.82) is 0 Å². The summed E-state index contributed by atoms with van der Waals surface area (Å²) in [6.45, 7) is 2.31. The Hall–Kier alpha value is -1.01. The van der Waals surface area contributed by atoms with Crippen LogP contribution >= 0.6 is 0 Å². The highest BCUT2D eigenvalue weighted by Crippen LogP contribution is 2.37. The molecule has 1 saturated carbocycles. The number of terminal acetylenes is 1. The molecule has 0 radical (unpaired) electrons. The number of hydrogen-bond donors (Lipinski definition) is 1. The van der Waals surface area contributed by atoms with Gasteiger partial charge in [-0.05, 0) is 19.8 Å². The van der Waals surface area contributed by atoms with Crippen molar-refractivity contribution in [3.8, 4) is 12.3 Å². The molecule has 0 aromatic heterocycles. The molecule has 0 bridgehead atoms.